The molecule has 0 fully saturated rings. The van der Waals surface area contributed by atoms with Crippen LogP contribution in [0.3, 0.4) is 0 Å². The van der Waals surface area contributed by atoms with E-state index in [4.69, 9.17) is 0 Å². The average molecular weight is 446 g/mol. The Kier molecular flexibility index (Phi) is 5.89. The van der Waals surface area contributed by atoms with Gasteiger partial charge in [-0.1, -0.05) is 11.3 Å². The number of rotatable bonds is 6. The van der Waals surface area contributed by atoms with Crippen molar-refractivity contribution in [2.75, 3.05) is 10.6 Å². The molecule has 0 bridgehead atoms. The molecule has 0 aliphatic rings. The van der Waals surface area contributed by atoms with E-state index in [1.807, 2.05) is 0 Å². The predicted molar refractivity (Wildman–Crippen MR) is 109 cm³/mol. The third-order valence-electron chi connectivity index (χ3n) is 3.80. The van der Waals surface area contributed by atoms with Gasteiger partial charge >= 0.3 is 0 Å². The Morgan fingerprint density at radius 1 is 1.03 bits per heavy atom. The molecular weight excluding hydrogens is 432 g/mol. The molecule has 2 amide bonds. The summed E-state index contributed by atoms with van der Waals surface area (Å²) in [5.74, 6) is -0.741. The van der Waals surface area contributed by atoms with Crippen LogP contribution in [0.15, 0.2) is 63.8 Å². The number of non-ortho nitro benzene ring substituents is 1. The fourth-order valence-electron chi connectivity index (χ4n) is 2.38. The Balaban J connectivity index is 1.74. The highest BCUT2D eigenvalue weighted by molar-refractivity contribution is 7.93. The Hall–Kier alpha value is -3.64. The number of aromatic nitrogens is 1. The maximum absolute atomic E-state index is 12.7. The van der Waals surface area contributed by atoms with Gasteiger partial charge in [-0.05, 0) is 36.4 Å². The van der Waals surface area contributed by atoms with E-state index in [1.54, 1.807) is 12.1 Å². The number of amides is 2. The van der Waals surface area contributed by atoms with E-state index in [2.05, 4.69) is 15.6 Å². The molecule has 0 radical (unpaired) electrons. The lowest BCUT2D eigenvalue weighted by Crippen LogP contribution is -2.12. The molecular formula is C18H14N4O6S2. The predicted octanol–water partition coefficient (Wildman–Crippen LogP) is 3.09. The average Bonchev–Trinajstić information content (AvgIpc) is 3.17. The summed E-state index contributed by atoms with van der Waals surface area (Å²) < 4.78 is 25.2. The van der Waals surface area contributed by atoms with Crippen LogP contribution in [0.5, 0.6) is 0 Å². The highest BCUT2D eigenvalue weighted by atomic mass is 32.2. The summed E-state index contributed by atoms with van der Waals surface area (Å²) in [7, 11) is -3.94. The number of thiazole rings is 1. The second kappa shape index (κ2) is 8.39. The molecule has 0 aliphatic heterocycles. The van der Waals surface area contributed by atoms with Crippen LogP contribution in [0.4, 0.5) is 16.5 Å². The fraction of sp³-hybridized carbons (Fsp3) is 0.0556. The van der Waals surface area contributed by atoms with Crippen LogP contribution in [0, 0.1) is 10.1 Å². The number of nitrogens with zero attached hydrogens (tertiary/aromatic N) is 2. The second-order valence-corrected chi connectivity index (χ2v) is 9.16. The van der Waals surface area contributed by atoms with Crippen LogP contribution in [0.25, 0.3) is 0 Å². The number of hydrogen-bond acceptors (Lipinski definition) is 8. The molecule has 1 heterocycles. The van der Waals surface area contributed by atoms with E-state index in [0.717, 1.165) is 41.8 Å². The van der Waals surface area contributed by atoms with Gasteiger partial charge in [-0.15, -0.1) is 0 Å². The first-order valence-corrected chi connectivity index (χ1v) is 10.6. The monoisotopic (exact) mass is 446 g/mol. The smallest absolute Gasteiger partial charge is 0.269 e. The first-order chi connectivity index (χ1) is 14.2. The van der Waals surface area contributed by atoms with Gasteiger partial charge in [0.25, 0.3) is 11.6 Å². The molecule has 0 atom stereocenters. The van der Waals surface area contributed by atoms with Crippen molar-refractivity contribution in [1.29, 1.82) is 0 Å². The molecule has 1 aromatic heterocycles. The van der Waals surface area contributed by atoms with Gasteiger partial charge in [-0.2, -0.15) is 0 Å². The number of hydrogen-bond donors (Lipinski definition) is 2. The van der Waals surface area contributed by atoms with Gasteiger partial charge in [-0.3, -0.25) is 25.0 Å². The molecule has 0 aliphatic carbocycles. The van der Waals surface area contributed by atoms with Gasteiger partial charge in [0.1, 0.15) is 4.21 Å². The summed E-state index contributed by atoms with van der Waals surface area (Å²) in [6.45, 7) is 1.37. The summed E-state index contributed by atoms with van der Waals surface area (Å²) >= 11 is 0.758. The van der Waals surface area contributed by atoms with Crippen LogP contribution in [-0.2, 0) is 14.6 Å². The molecule has 3 rings (SSSR count). The molecule has 0 saturated heterocycles. The molecule has 154 valence electrons. The van der Waals surface area contributed by atoms with Gasteiger partial charge in [0, 0.05) is 30.3 Å². The lowest BCUT2D eigenvalue weighted by molar-refractivity contribution is -0.384. The van der Waals surface area contributed by atoms with Crippen LogP contribution in [0.2, 0.25) is 0 Å². The summed E-state index contributed by atoms with van der Waals surface area (Å²) in [6.07, 6.45) is 1.11. The van der Waals surface area contributed by atoms with Gasteiger partial charge in [0.05, 0.1) is 16.0 Å². The van der Waals surface area contributed by atoms with E-state index < -0.39 is 20.7 Å². The number of nitrogens with one attached hydrogen (secondary N) is 2. The highest BCUT2D eigenvalue weighted by Crippen LogP contribution is 2.29. The van der Waals surface area contributed by atoms with Crippen LogP contribution in [0.1, 0.15) is 17.3 Å². The van der Waals surface area contributed by atoms with Gasteiger partial charge in [0.15, 0.2) is 5.13 Å². The fourth-order valence-corrected chi connectivity index (χ4v) is 4.81. The molecule has 10 nitrogen and oxygen atoms in total. The van der Waals surface area contributed by atoms with E-state index >= 15 is 0 Å². The zero-order valence-electron chi connectivity index (χ0n) is 15.4. The zero-order valence-corrected chi connectivity index (χ0v) is 17.0. The highest BCUT2D eigenvalue weighted by Gasteiger charge is 2.22. The number of sulfone groups is 1. The first kappa shape index (κ1) is 21.1. The minimum Gasteiger partial charge on any atom is -0.326 e. The van der Waals surface area contributed by atoms with Crippen LogP contribution < -0.4 is 10.6 Å². The summed E-state index contributed by atoms with van der Waals surface area (Å²) in [6, 6.07) is 10.6. The molecule has 2 aromatic carbocycles. The number of benzene rings is 2. The van der Waals surface area contributed by atoms with E-state index in [0.29, 0.717) is 11.3 Å². The lowest BCUT2D eigenvalue weighted by atomic mass is 10.2. The van der Waals surface area contributed by atoms with Crippen LogP contribution in [-0.4, -0.2) is 30.1 Å². The molecule has 12 heteroatoms. The van der Waals surface area contributed by atoms with Crippen molar-refractivity contribution in [3.63, 3.8) is 0 Å². The van der Waals surface area contributed by atoms with Crippen molar-refractivity contribution in [3.05, 3.63) is 70.4 Å². The normalized spacial score (nSPS) is 11.0. The molecule has 0 spiro atoms. The Morgan fingerprint density at radius 3 is 2.23 bits per heavy atom. The van der Waals surface area contributed by atoms with Gasteiger partial charge < -0.3 is 5.32 Å². The number of carbonyl (C=O) groups is 2. The van der Waals surface area contributed by atoms with E-state index in [-0.39, 0.29) is 25.8 Å². The van der Waals surface area contributed by atoms with Crippen molar-refractivity contribution >= 4 is 49.5 Å². The first-order valence-electron chi connectivity index (χ1n) is 8.31. The SMILES string of the molecule is CC(=O)Nc1ccc(C(=O)Nc2ncc(S(=O)(=O)c3ccc([N+](=O)[O-])cc3)s2)cc1. The summed E-state index contributed by atoms with van der Waals surface area (Å²) in [5, 5.41) is 15.9. The second-order valence-electron chi connectivity index (χ2n) is 5.95. The Morgan fingerprint density at radius 2 is 1.67 bits per heavy atom. The number of nitro benzene ring substituents is 1. The van der Waals surface area contributed by atoms with Crippen molar-refractivity contribution in [2.24, 2.45) is 0 Å². The molecule has 3 aromatic rings. The Labute approximate surface area is 174 Å². The van der Waals surface area contributed by atoms with Gasteiger partial charge in [-0.25, -0.2) is 13.4 Å². The largest absolute Gasteiger partial charge is 0.326 e. The van der Waals surface area contributed by atoms with Crippen LogP contribution >= 0.6 is 11.3 Å². The van der Waals surface area contributed by atoms with E-state index in [9.17, 15) is 28.1 Å². The number of carbonyl (C=O) groups excluding carboxylic acids is 2. The quantitative estimate of drug-likeness (QED) is 0.436. The molecule has 2 N–H and O–H groups in total. The third-order valence-corrected chi connectivity index (χ3v) is 6.94. The summed E-state index contributed by atoms with van der Waals surface area (Å²) in [4.78, 5) is 37.2. The zero-order chi connectivity index (χ0) is 21.9. The minimum atomic E-state index is -3.94. The summed E-state index contributed by atoms with van der Waals surface area (Å²) in [5.41, 5.74) is 0.597. The number of nitro groups is 1. The topological polar surface area (TPSA) is 148 Å². The number of anilines is 2. The lowest BCUT2D eigenvalue weighted by Gasteiger charge is -2.04. The van der Waals surface area contributed by atoms with Crippen molar-refractivity contribution in [3.8, 4) is 0 Å². The van der Waals surface area contributed by atoms with Crippen molar-refractivity contribution in [2.45, 2.75) is 16.0 Å². The van der Waals surface area contributed by atoms with Gasteiger partial charge in [0.2, 0.25) is 15.7 Å². The standard InChI is InChI=1S/C18H14N4O6S2/c1-11(23)20-13-4-2-12(3-5-13)17(24)21-18-19-10-16(29-18)30(27,28)15-8-6-14(7-9-15)22(25)26/h2-10H,1H3,(H,20,23)(H,19,21,24). The van der Waals surface area contributed by atoms with Crippen molar-refractivity contribution in [1.82, 2.24) is 4.98 Å². The Bertz CT molecular complexity index is 1220. The van der Waals surface area contributed by atoms with E-state index in [1.165, 1.54) is 19.1 Å². The minimum absolute atomic E-state index is 0.0754. The maximum atomic E-state index is 12.7. The molecule has 0 unspecified atom stereocenters. The molecule has 0 saturated carbocycles. The maximum Gasteiger partial charge on any atom is 0.269 e. The van der Waals surface area contributed by atoms with Crippen molar-refractivity contribution < 1.29 is 22.9 Å². The third kappa shape index (κ3) is 4.67. The molecule has 30 heavy (non-hydrogen) atoms.